The Kier molecular flexibility index (Phi) is 4.74. The summed E-state index contributed by atoms with van der Waals surface area (Å²) in [6.45, 7) is 3.81. The molecule has 0 bridgehead atoms. The van der Waals surface area contributed by atoms with Crippen molar-refractivity contribution in [3.63, 3.8) is 0 Å². The highest BCUT2D eigenvalue weighted by Crippen LogP contribution is 2.19. The molecule has 1 aliphatic rings. The summed E-state index contributed by atoms with van der Waals surface area (Å²) in [5.41, 5.74) is 1.13. The zero-order chi connectivity index (χ0) is 14.3. The zero-order valence-corrected chi connectivity index (χ0v) is 12.1. The van der Waals surface area contributed by atoms with Crippen LogP contribution in [-0.2, 0) is 6.54 Å². The van der Waals surface area contributed by atoms with Gasteiger partial charge < -0.3 is 4.74 Å². The highest BCUT2D eigenvalue weighted by atomic mass is 16.5. The molecule has 2 aromatic rings. The molecule has 3 rings (SSSR count). The number of pyridine rings is 1. The van der Waals surface area contributed by atoms with Gasteiger partial charge in [-0.1, -0.05) is 6.07 Å². The van der Waals surface area contributed by atoms with Crippen LogP contribution in [0.3, 0.4) is 0 Å². The van der Waals surface area contributed by atoms with Crippen LogP contribution in [-0.4, -0.2) is 39.5 Å². The first-order valence-electron chi connectivity index (χ1n) is 7.41. The van der Waals surface area contributed by atoms with Gasteiger partial charge in [-0.05, 0) is 31.5 Å². The number of hydrogen-bond donors (Lipinski definition) is 0. The van der Waals surface area contributed by atoms with Crippen LogP contribution in [0.2, 0.25) is 0 Å². The van der Waals surface area contributed by atoms with E-state index < -0.39 is 0 Å². The summed E-state index contributed by atoms with van der Waals surface area (Å²) < 4.78 is 5.73. The van der Waals surface area contributed by atoms with Gasteiger partial charge in [-0.15, -0.1) is 0 Å². The number of piperidine rings is 1. The van der Waals surface area contributed by atoms with Crippen LogP contribution in [0.1, 0.15) is 18.5 Å². The van der Waals surface area contributed by atoms with E-state index in [1.54, 1.807) is 18.6 Å². The summed E-state index contributed by atoms with van der Waals surface area (Å²) in [7, 11) is 0. The van der Waals surface area contributed by atoms with Crippen LogP contribution in [0.4, 0.5) is 0 Å². The van der Waals surface area contributed by atoms with Crippen molar-refractivity contribution in [2.45, 2.75) is 19.4 Å². The largest absolute Gasteiger partial charge is 0.476 e. The summed E-state index contributed by atoms with van der Waals surface area (Å²) in [6.07, 6.45) is 9.24. The number of rotatable bonds is 5. The average Bonchev–Trinajstić information content (AvgIpc) is 2.55. The first-order valence-corrected chi connectivity index (χ1v) is 7.41. The van der Waals surface area contributed by atoms with Gasteiger partial charge >= 0.3 is 0 Å². The summed E-state index contributed by atoms with van der Waals surface area (Å²) in [5, 5.41) is 0. The molecule has 1 saturated heterocycles. The number of ether oxygens (including phenoxy) is 1. The molecule has 5 heteroatoms. The smallest absolute Gasteiger partial charge is 0.232 e. The predicted octanol–water partition coefficient (Wildman–Crippen LogP) is 2.16. The Morgan fingerprint density at radius 2 is 2.19 bits per heavy atom. The first-order chi connectivity index (χ1) is 10.4. The molecule has 21 heavy (non-hydrogen) atoms. The third-order valence-electron chi connectivity index (χ3n) is 3.72. The summed E-state index contributed by atoms with van der Waals surface area (Å²) in [6, 6.07) is 6.08. The molecule has 0 aliphatic carbocycles. The maximum atomic E-state index is 5.73. The van der Waals surface area contributed by atoms with Crippen LogP contribution in [0, 0.1) is 5.92 Å². The molecule has 0 saturated carbocycles. The van der Waals surface area contributed by atoms with Crippen LogP contribution >= 0.6 is 0 Å². The number of nitrogens with zero attached hydrogens (tertiary/aromatic N) is 4. The quantitative estimate of drug-likeness (QED) is 0.842. The Morgan fingerprint density at radius 1 is 1.19 bits per heavy atom. The minimum absolute atomic E-state index is 0.546. The van der Waals surface area contributed by atoms with Gasteiger partial charge in [0.15, 0.2) is 0 Å². The van der Waals surface area contributed by atoms with E-state index in [1.165, 1.54) is 12.8 Å². The van der Waals surface area contributed by atoms with Crippen molar-refractivity contribution >= 4 is 0 Å². The second-order valence-corrected chi connectivity index (χ2v) is 5.42. The summed E-state index contributed by atoms with van der Waals surface area (Å²) in [5.74, 6) is 1.16. The monoisotopic (exact) mass is 284 g/mol. The van der Waals surface area contributed by atoms with E-state index in [9.17, 15) is 0 Å². The molecular weight excluding hydrogens is 264 g/mol. The van der Waals surface area contributed by atoms with Crippen LogP contribution < -0.4 is 4.74 Å². The zero-order valence-electron chi connectivity index (χ0n) is 12.1. The van der Waals surface area contributed by atoms with E-state index >= 15 is 0 Å². The highest BCUT2D eigenvalue weighted by molar-refractivity contribution is 5.04. The van der Waals surface area contributed by atoms with Gasteiger partial charge in [0.2, 0.25) is 5.88 Å². The Bertz CT molecular complexity index is 534. The van der Waals surface area contributed by atoms with E-state index in [2.05, 4.69) is 25.9 Å². The average molecular weight is 284 g/mol. The second kappa shape index (κ2) is 7.13. The molecule has 1 fully saturated rings. The van der Waals surface area contributed by atoms with Gasteiger partial charge in [-0.25, -0.2) is 4.98 Å². The van der Waals surface area contributed by atoms with Crippen LogP contribution in [0.25, 0.3) is 0 Å². The van der Waals surface area contributed by atoms with E-state index in [1.807, 2.05) is 18.3 Å². The molecule has 1 unspecified atom stereocenters. The predicted molar refractivity (Wildman–Crippen MR) is 79.8 cm³/mol. The minimum Gasteiger partial charge on any atom is -0.476 e. The van der Waals surface area contributed by atoms with E-state index in [0.29, 0.717) is 18.4 Å². The van der Waals surface area contributed by atoms with E-state index in [4.69, 9.17) is 4.74 Å². The normalized spacial score (nSPS) is 19.3. The maximum absolute atomic E-state index is 5.73. The molecule has 1 atom stereocenters. The molecule has 0 spiro atoms. The molecule has 3 heterocycles. The van der Waals surface area contributed by atoms with Crippen molar-refractivity contribution in [1.82, 2.24) is 19.9 Å². The standard InChI is InChI=1S/C16H20N4O/c1-2-6-18-15(5-1)12-20-9-3-4-14(11-20)13-21-16-10-17-7-8-19-16/h1-2,5-8,10,14H,3-4,9,11-13H2. The van der Waals surface area contributed by atoms with Gasteiger partial charge in [-0.2, -0.15) is 0 Å². The molecule has 0 amide bonds. The molecule has 0 N–H and O–H groups in total. The molecule has 0 radical (unpaired) electrons. The Morgan fingerprint density at radius 3 is 3.00 bits per heavy atom. The van der Waals surface area contributed by atoms with Crippen molar-refractivity contribution in [2.24, 2.45) is 5.92 Å². The van der Waals surface area contributed by atoms with Crippen molar-refractivity contribution in [2.75, 3.05) is 19.7 Å². The van der Waals surface area contributed by atoms with Gasteiger partial charge in [0, 0.05) is 37.6 Å². The SMILES string of the molecule is c1ccc(CN2CCCC(COc3cnccn3)C2)nc1. The van der Waals surface area contributed by atoms with Gasteiger partial charge in [0.05, 0.1) is 18.5 Å². The van der Waals surface area contributed by atoms with E-state index in [-0.39, 0.29) is 0 Å². The van der Waals surface area contributed by atoms with Crippen molar-refractivity contribution in [1.29, 1.82) is 0 Å². The van der Waals surface area contributed by atoms with Crippen LogP contribution in [0.15, 0.2) is 43.0 Å². The lowest BCUT2D eigenvalue weighted by Gasteiger charge is -2.32. The molecule has 1 aliphatic heterocycles. The maximum Gasteiger partial charge on any atom is 0.232 e. The fourth-order valence-electron chi connectivity index (χ4n) is 2.71. The Hall–Kier alpha value is -2.01. The summed E-state index contributed by atoms with van der Waals surface area (Å²) in [4.78, 5) is 15.0. The molecular formula is C16H20N4O. The Labute approximate surface area is 125 Å². The Balaban J connectivity index is 1.49. The number of aromatic nitrogens is 3. The van der Waals surface area contributed by atoms with Crippen molar-refractivity contribution < 1.29 is 4.74 Å². The second-order valence-electron chi connectivity index (χ2n) is 5.42. The fraction of sp³-hybridized carbons (Fsp3) is 0.438. The lowest BCUT2D eigenvalue weighted by molar-refractivity contribution is 0.122. The molecule has 0 aromatic carbocycles. The van der Waals surface area contributed by atoms with Gasteiger partial charge in [-0.3, -0.25) is 14.9 Å². The summed E-state index contributed by atoms with van der Waals surface area (Å²) >= 11 is 0. The van der Waals surface area contributed by atoms with Crippen molar-refractivity contribution in [3.05, 3.63) is 48.7 Å². The third kappa shape index (κ3) is 4.23. The van der Waals surface area contributed by atoms with Gasteiger partial charge in [0.1, 0.15) is 0 Å². The third-order valence-corrected chi connectivity index (χ3v) is 3.72. The lowest BCUT2D eigenvalue weighted by Crippen LogP contribution is -2.37. The fourth-order valence-corrected chi connectivity index (χ4v) is 2.71. The molecule has 2 aromatic heterocycles. The number of likely N-dealkylation sites (tertiary alicyclic amines) is 1. The molecule has 5 nitrogen and oxygen atoms in total. The first kappa shape index (κ1) is 13.9. The topological polar surface area (TPSA) is 51.1 Å². The van der Waals surface area contributed by atoms with E-state index in [0.717, 1.165) is 25.3 Å². The highest BCUT2D eigenvalue weighted by Gasteiger charge is 2.20. The van der Waals surface area contributed by atoms with Crippen molar-refractivity contribution in [3.8, 4) is 5.88 Å². The van der Waals surface area contributed by atoms with Gasteiger partial charge in [0.25, 0.3) is 0 Å². The number of hydrogen-bond acceptors (Lipinski definition) is 5. The lowest BCUT2D eigenvalue weighted by atomic mass is 9.99. The minimum atomic E-state index is 0.546. The van der Waals surface area contributed by atoms with Crippen LogP contribution in [0.5, 0.6) is 5.88 Å². The molecule has 110 valence electrons.